The van der Waals surface area contributed by atoms with Gasteiger partial charge in [0.25, 0.3) is 0 Å². The molecule has 0 radical (unpaired) electrons. The number of rotatable bonds is 4. The molecule has 0 bridgehead atoms. The number of halogens is 1. The highest BCUT2D eigenvalue weighted by molar-refractivity contribution is 7.98. The molecule has 6 nitrogen and oxygen atoms in total. The van der Waals surface area contributed by atoms with E-state index in [-0.39, 0.29) is 5.82 Å². The molecule has 8 heteroatoms. The molecule has 0 amide bonds. The second-order valence-corrected chi connectivity index (χ2v) is 5.36. The van der Waals surface area contributed by atoms with Crippen molar-refractivity contribution in [3.63, 3.8) is 0 Å². The number of nitrogens with zero attached hydrogens (tertiary/aromatic N) is 3. The van der Waals surface area contributed by atoms with Crippen LogP contribution in [-0.2, 0) is 5.75 Å². The lowest BCUT2D eigenvalue weighted by Gasteiger charge is -2.00. The van der Waals surface area contributed by atoms with E-state index in [1.165, 1.54) is 30.0 Å². The van der Waals surface area contributed by atoms with Gasteiger partial charge in [-0.15, -0.1) is 0 Å². The second-order valence-electron chi connectivity index (χ2n) is 4.41. The number of nitrogen functional groups attached to an aromatic ring is 2. The first-order valence-electron chi connectivity index (χ1n) is 6.33. The predicted molar refractivity (Wildman–Crippen MR) is 82.3 cm³/mol. The van der Waals surface area contributed by atoms with E-state index >= 15 is 0 Å². The van der Waals surface area contributed by atoms with E-state index in [0.717, 1.165) is 5.56 Å². The van der Waals surface area contributed by atoms with Crippen LogP contribution in [0.5, 0.6) is 0 Å². The van der Waals surface area contributed by atoms with Crippen LogP contribution in [0, 0.1) is 5.82 Å². The summed E-state index contributed by atoms with van der Waals surface area (Å²) in [6, 6.07) is 7.50. The average Bonchev–Trinajstić information content (AvgIpc) is 2.94. The van der Waals surface area contributed by atoms with Gasteiger partial charge in [-0.3, -0.25) is 0 Å². The fourth-order valence-corrected chi connectivity index (χ4v) is 2.50. The van der Waals surface area contributed by atoms with Crippen LogP contribution in [0.1, 0.15) is 5.89 Å². The first kappa shape index (κ1) is 14.3. The lowest BCUT2D eigenvalue weighted by atomic mass is 10.2. The molecule has 0 saturated carbocycles. The lowest BCUT2D eigenvalue weighted by Crippen LogP contribution is -1.99. The molecule has 0 atom stereocenters. The van der Waals surface area contributed by atoms with Crippen molar-refractivity contribution >= 4 is 23.4 Å². The minimum atomic E-state index is -0.296. The third kappa shape index (κ3) is 3.34. The molecule has 1 aromatic carbocycles. The standard InChI is InChI=1S/C14H12FN5OS/c15-9-3-1-8(2-4-9)10-6-18-13(21-10)7-22-14-19-11(16)5-12(17)20-14/h1-6H,7H2,(H4,16,17,19,20). The van der Waals surface area contributed by atoms with E-state index in [9.17, 15) is 4.39 Å². The highest BCUT2D eigenvalue weighted by atomic mass is 32.2. The zero-order chi connectivity index (χ0) is 15.5. The summed E-state index contributed by atoms with van der Waals surface area (Å²) in [7, 11) is 0. The molecule has 0 spiro atoms. The molecule has 0 aliphatic carbocycles. The molecule has 2 heterocycles. The van der Waals surface area contributed by atoms with Crippen molar-refractivity contribution in [1.82, 2.24) is 15.0 Å². The maximum absolute atomic E-state index is 12.9. The van der Waals surface area contributed by atoms with E-state index in [2.05, 4.69) is 15.0 Å². The topological polar surface area (TPSA) is 104 Å². The molecule has 0 aliphatic heterocycles. The minimum Gasteiger partial charge on any atom is -0.440 e. The van der Waals surface area contributed by atoms with Crippen LogP contribution in [0.4, 0.5) is 16.0 Å². The van der Waals surface area contributed by atoms with Crippen LogP contribution < -0.4 is 11.5 Å². The van der Waals surface area contributed by atoms with Crippen molar-refractivity contribution in [3.05, 3.63) is 48.2 Å². The Morgan fingerprint density at radius 2 is 1.77 bits per heavy atom. The van der Waals surface area contributed by atoms with Crippen LogP contribution in [0.3, 0.4) is 0 Å². The first-order chi connectivity index (χ1) is 10.6. The van der Waals surface area contributed by atoms with E-state index in [1.807, 2.05) is 0 Å². The number of thioether (sulfide) groups is 1. The summed E-state index contributed by atoms with van der Waals surface area (Å²) in [6.07, 6.45) is 1.59. The summed E-state index contributed by atoms with van der Waals surface area (Å²) < 4.78 is 18.5. The van der Waals surface area contributed by atoms with E-state index in [0.29, 0.717) is 34.2 Å². The molecular weight excluding hydrogens is 305 g/mol. The number of nitrogens with two attached hydrogens (primary N) is 2. The van der Waals surface area contributed by atoms with Crippen molar-refractivity contribution in [2.45, 2.75) is 10.9 Å². The van der Waals surface area contributed by atoms with Gasteiger partial charge in [-0.2, -0.15) is 0 Å². The van der Waals surface area contributed by atoms with Crippen molar-refractivity contribution in [1.29, 1.82) is 0 Å². The van der Waals surface area contributed by atoms with Crippen LogP contribution >= 0.6 is 11.8 Å². The smallest absolute Gasteiger partial charge is 0.205 e. The summed E-state index contributed by atoms with van der Waals surface area (Å²) >= 11 is 1.31. The molecule has 22 heavy (non-hydrogen) atoms. The quantitative estimate of drug-likeness (QED) is 0.563. The van der Waals surface area contributed by atoms with Crippen LogP contribution in [0.2, 0.25) is 0 Å². The Balaban J connectivity index is 1.70. The zero-order valence-corrected chi connectivity index (χ0v) is 12.2. The molecule has 3 rings (SSSR count). The molecule has 4 N–H and O–H groups in total. The summed E-state index contributed by atoms with van der Waals surface area (Å²) in [6.45, 7) is 0. The number of aromatic nitrogens is 3. The van der Waals surface area contributed by atoms with Crippen molar-refractivity contribution in [2.75, 3.05) is 11.5 Å². The maximum atomic E-state index is 12.9. The van der Waals surface area contributed by atoms with Gasteiger partial charge in [0.15, 0.2) is 10.9 Å². The normalized spacial score (nSPS) is 10.8. The Kier molecular flexibility index (Phi) is 3.92. The fourth-order valence-electron chi connectivity index (χ4n) is 1.78. The maximum Gasteiger partial charge on any atom is 0.205 e. The summed E-state index contributed by atoms with van der Waals surface area (Å²) in [5, 5.41) is 0.457. The number of hydrogen-bond acceptors (Lipinski definition) is 7. The molecule has 0 unspecified atom stereocenters. The van der Waals surface area contributed by atoms with Crippen molar-refractivity contribution < 1.29 is 8.81 Å². The lowest BCUT2D eigenvalue weighted by molar-refractivity contribution is 0.529. The molecule has 2 aromatic heterocycles. The summed E-state index contributed by atoms with van der Waals surface area (Å²) in [5.74, 6) is 1.85. The molecule has 0 fully saturated rings. The number of anilines is 2. The highest BCUT2D eigenvalue weighted by Crippen LogP contribution is 2.25. The zero-order valence-electron chi connectivity index (χ0n) is 11.4. The van der Waals surface area contributed by atoms with E-state index in [4.69, 9.17) is 15.9 Å². The monoisotopic (exact) mass is 317 g/mol. The van der Waals surface area contributed by atoms with Crippen molar-refractivity contribution in [3.8, 4) is 11.3 Å². The number of hydrogen-bond donors (Lipinski definition) is 2. The number of oxazole rings is 1. The Bertz CT molecular complexity index is 770. The third-order valence-corrected chi connectivity index (χ3v) is 3.58. The first-order valence-corrected chi connectivity index (χ1v) is 7.32. The SMILES string of the molecule is Nc1cc(N)nc(SCc2ncc(-c3ccc(F)cc3)o2)n1. The van der Waals surface area contributed by atoms with Crippen LogP contribution in [-0.4, -0.2) is 15.0 Å². The Labute approximate surface area is 129 Å². The van der Waals surface area contributed by atoms with Gasteiger partial charge in [-0.25, -0.2) is 19.3 Å². The Morgan fingerprint density at radius 1 is 1.09 bits per heavy atom. The summed E-state index contributed by atoms with van der Waals surface area (Å²) in [5.41, 5.74) is 12.0. The average molecular weight is 317 g/mol. The van der Waals surface area contributed by atoms with Gasteiger partial charge in [0.2, 0.25) is 5.89 Å². The molecule has 112 valence electrons. The molecule has 0 saturated heterocycles. The van der Waals surface area contributed by atoms with Crippen molar-refractivity contribution in [2.24, 2.45) is 0 Å². The van der Waals surface area contributed by atoms with Gasteiger partial charge in [-0.1, -0.05) is 11.8 Å². The third-order valence-electron chi connectivity index (χ3n) is 2.75. The van der Waals surface area contributed by atoms with E-state index < -0.39 is 0 Å². The molecule has 0 aliphatic rings. The minimum absolute atomic E-state index is 0.296. The van der Waals surface area contributed by atoms with Crippen LogP contribution in [0.15, 0.2) is 46.1 Å². The Morgan fingerprint density at radius 3 is 2.45 bits per heavy atom. The molecule has 3 aromatic rings. The second kappa shape index (κ2) is 6.02. The largest absolute Gasteiger partial charge is 0.440 e. The summed E-state index contributed by atoms with van der Waals surface area (Å²) in [4.78, 5) is 12.3. The van der Waals surface area contributed by atoms with E-state index in [1.54, 1.807) is 18.3 Å². The number of benzene rings is 1. The fraction of sp³-hybridized carbons (Fsp3) is 0.0714. The van der Waals surface area contributed by atoms with Gasteiger partial charge in [0.1, 0.15) is 17.5 Å². The van der Waals surface area contributed by atoms with Crippen LogP contribution in [0.25, 0.3) is 11.3 Å². The highest BCUT2D eigenvalue weighted by Gasteiger charge is 2.09. The predicted octanol–water partition coefficient (Wildman–Crippen LogP) is 2.73. The van der Waals surface area contributed by atoms with Gasteiger partial charge in [0, 0.05) is 11.6 Å². The Hall–Kier alpha value is -2.61. The van der Waals surface area contributed by atoms with Gasteiger partial charge < -0.3 is 15.9 Å². The van der Waals surface area contributed by atoms with Gasteiger partial charge in [0.05, 0.1) is 11.9 Å². The van der Waals surface area contributed by atoms with Gasteiger partial charge >= 0.3 is 0 Å². The van der Waals surface area contributed by atoms with Gasteiger partial charge in [-0.05, 0) is 24.3 Å². The molecular formula is C14H12FN5OS.